The number of carbonyl (C=O) groups excluding carboxylic acids is 1. The average molecular weight is 293 g/mol. The lowest BCUT2D eigenvalue weighted by Gasteiger charge is -2.12. The summed E-state index contributed by atoms with van der Waals surface area (Å²) in [6, 6.07) is 7.52. The molecular formula is C14H13ClN2O3. The van der Waals surface area contributed by atoms with Gasteiger partial charge in [-0.15, -0.1) is 0 Å². The second-order valence-electron chi connectivity index (χ2n) is 4.17. The second-order valence-corrected chi connectivity index (χ2v) is 4.60. The molecule has 0 saturated carbocycles. The maximum absolute atomic E-state index is 11.9. The number of aliphatic hydroxyl groups excluding tert-OH is 1. The van der Waals surface area contributed by atoms with Crippen LogP contribution in [0.15, 0.2) is 42.7 Å². The number of aromatic hydroxyl groups is 1. The zero-order valence-electron chi connectivity index (χ0n) is 10.5. The van der Waals surface area contributed by atoms with Gasteiger partial charge in [0.2, 0.25) is 0 Å². The highest BCUT2D eigenvalue weighted by Crippen LogP contribution is 2.21. The van der Waals surface area contributed by atoms with Crippen LogP contribution in [0.3, 0.4) is 0 Å². The number of pyridine rings is 1. The highest BCUT2D eigenvalue weighted by molar-refractivity contribution is 6.31. The summed E-state index contributed by atoms with van der Waals surface area (Å²) < 4.78 is 0. The van der Waals surface area contributed by atoms with E-state index in [0.717, 1.165) is 0 Å². The molecule has 0 radical (unpaired) electrons. The maximum Gasteiger partial charge on any atom is 0.255 e. The van der Waals surface area contributed by atoms with Gasteiger partial charge in [0.05, 0.1) is 11.7 Å². The van der Waals surface area contributed by atoms with Gasteiger partial charge in [-0.3, -0.25) is 9.78 Å². The van der Waals surface area contributed by atoms with Gasteiger partial charge in [0, 0.05) is 24.0 Å². The number of rotatable bonds is 4. The third kappa shape index (κ3) is 3.46. The predicted octanol–water partition coefficient (Wildman–Crippen LogP) is 1.90. The molecule has 1 aromatic carbocycles. The lowest BCUT2D eigenvalue weighted by molar-refractivity contribution is 0.0913. The van der Waals surface area contributed by atoms with Crippen LogP contribution in [0.4, 0.5) is 0 Å². The van der Waals surface area contributed by atoms with Crippen molar-refractivity contribution in [3.63, 3.8) is 0 Å². The predicted molar refractivity (Wildman–Crippen MR) is 74.6 cm³/mol. The van der Waals surface area contributed by atoms with E-state index in [1.807, 2.05) is 0 Å². The van der Waals surface area contributed by atoms with Crippen molar-refractivity contribution in [2.75, 3.05) is 6.54 Å². The summed E-state index contributed by atoms with van der Waals surface area (Å²) in [6.45, 7) is 0.0226. The molecule has 1 unspecified atom stereocenters. The number of aromatic nitrogens is 1. The molecule has 0 fully saturated rings. The molecule has 6 heteroatoms. The summed E-state index contributed by atoms with van der Waals surface area (Å²) in [7, 11) is 0. The molecule has 20 heavy (non-hydrogen) atoms. The van der Waals surface area contributed by atoms with E-state index in [1.165, 1.54) is 18.2 Å². The van der Waals surface area contributed by atoms with Gasteiger partial charge in [-0.25, -0.2) is 0 Å². The topological polar surface area (TPSA) is 82.5 Å². The summed E-state index contributed by atoms with van der Waals surface area (Å²) >= 11 is 5.77. The van der Waals surface area contributed by atoms with E-state index < -0.39 is 12.0 Å². The lowest BCUT2D eigenvalue weighted by atomic mass is 10.1. The summed E-state index contributed by atoms with van der Waals surface area (Å²) in [5.74, 6) is -0.664. The number of aliphatic hydroxyl groups is 1. The van der Waals surface area contributed by atoms with E-state index in [1.54, 1.807) is 24.5 Å². The van der Waals surface area contributed by atoms with Crippen molar-refractivity contribution in [3.05, 3.63) is 58.9 Å². The zero-order chi connectivity index (χ0) is 14.5. The molecule has 5 nitrogen and oxygen atoms in total. The number of halogens is 1. The number of amides is 1. The quantitative estimate of drug-likeness (QED) is 0.804. The molecule has 104 valence electrons. The van der Waals surface area contributed by atoms with Gasteiger partial charge in [0.15, 0.2) is 0 Å². The van der Waals surface area contributed by atoms with Crippen LogP contribution in [0.1, 0.15) is 22.0 Å². The summed E-state index contributed by atoms with van der Waals surface area (Å²) in [5.41, 5.74) is 0.718. The van der Waals surface area contributed by atoms with E-state index >= 15 is 0 Å². The maximum atomic E-state index is 11.9. The third-order valence-electron chi connectivity index (χ3n) is 2.75. The van der Waals surface area contributed by atoms with Crippen LogP contribution in [0, 0.1) is 0 Å². The number of carbonyl (C=O) groups is 1. The Morgan fingerprint density at radius 1 is 1.30 bits per heavy atom. The molecule has 2 rings (SSSR count). The molecule has 3 N–H and O–H groups in total. The number of nitrogens with zero attached hydrogens (tertiary/aromatic N) is 1. The Hall–Kier alpha value is -2.11. The van der Waals surface area contributed by atoms with Crippen molar-refractivity contribution in [2.45, 2.75) is 6.10 Å². The van der Waals surface area contributed by atoms with Crippen LogP contribution in [0.2, 0.25) is 5.02 Å². The van der Waals surface area contributed by atoms with Crippen LogP contribution in [0.25, 0.3) is 0 Å². The van der Waals surface area contributed by atoms with Gasteiger partial charge in [0.1, 0.15) is 5.75 Å². The minimum absolute atomic E-state index is 0.0226. The highest BCUT2D eigenvalue weighted by Gasteiger charge is 2.14. The fourth-order valence-electron chi connectivity index (χ4n) is 1.68. The smallest absolute Gasteiger partial charge is 0.255 e. The molecule has 1 aromatic heterocycles. The standard InChI is InChI=1S/C14H13ClN2O3/c15-10-1-2-12(18)11(7-10)14(20)17-8-13(19)9-3-5-16-6-4-9/h1-7,13,18-19H,8H2,(H,17,20). The first-order valence-electron chi connectivity index (χ1n) is 5.92. The SMILES string of the molecule is O=C(NCC(O)c1ccncc1)c1cc(Cl)ccc1O. The first-order valence-corrected chi connectivity index (χ1v) is 6.30. The van der Waals surface area contributed by atoms with Gasteiger partial charge in [0.25, 0.3) is 5.91 Å². The van der Waals surface area contributed by atoms with Gasteiger partial charge in [-0.1, -0.05) is 11.6 Å². The summed E-state index contributed by atoms with van der Waals surface area (Å²) in [5, 5.41) is 22.4. The molecule has 1 amide bonds. The molecule has 0 aliphatic rings. The summed E-state index contributed by atoms with van der Waals surface area (Å²) in [4.78, 5) is 15.7. The van der Waals surface area contributed by atoms with Crippen LogP contribution < -0.4 is 5.32 Å². The molecule has 0 saturated heterocycles. The van der Waals surface area contributed by atoms with Crippen molar-refractivity contribution in [1.82, 2.24) is 10.3 Å². The average Bonchev–Trinajstić information content (AvgIpc) is 2.47. The first kappa shape index (κ1) is 14.3. The first-order chi connectivity index (χ1) is 9.58. The van der Waals surface area contributed by atoms with E-state index in [0.29, 0.717) is 10.6 Å². The Morgan fingerprint density at radius 2 is 2.00 bits per heavy atom. The fourth-order valence-corrected chi connectivity index (χ4v) is 1.85. The van der Waals surface area contributed by atoms with Crippen molar-refractivity contribution in [3.8, 4) is 5.75 Å². The van der Waals surface area contributed by atoms with Crippen LogP contribution in [0.5, 0.6) is 5.75 Å². The largest absolute Gasteiger partial charge is 0.507 e. The Balaban J connectivity index is 2.00. The Bertz CT molecular complexity index is 605. The molecule has 0 bridgehead atoms. The fraction of sp³-hybridized carbons (Fsp3) is 0.143. The van der Waals surface area contributed by atoms with Crippen molar-refractivity contribution < 1.29 is 15.0 Å². The zero-order valence-corrected chi connectivity index (χ0v) is 11.2. The number of hydrogen-bond donors (Lipinski definition) is 3. The Morgan fingerprint density at radius 3 is 2.70 bits per heavy atom. The number of phenols is 1. The van der Waals surface area contributed by atoms with Crippen molar-refractivity contribution in [1.29, 1.82) is 0 Å². The van der Waals surface area contributed by atoms with Crippen molar-refractivity contribution >= 4 is 17.5 Å². The van der Waals surface area contributed by atoms with Gasteiger partial charge >= 0.3 is 0 Å². The third-order valence-corrected chi connectivity index (χ3v) is 2.99. The molecule has 0 aliphatic heterocycles. The Kier molecular flexibility index (Phi) is 4.55. The molecule has 0 aliphatic carbocycles. The number of phenolic OH excluding ortho intramolecular Hbond substituents is 1. The molecule has 1 heterocycles. The van der Waals surface area contributed by atoms with Gasteiger partial charge in [-0.05, 0) is 35.9 Å². The number of nitrogens with one attached hydrogen (secondary N) is 1. The van der Waals surface area contributed by atoms with Gasteiger partial charge in [-0.2, -0.15) is 0 Å². The normalized spacial score (nSPS) is 11.9. The van der Waals surface area contributed by atoms with E-state index in [9.17, 15) is 15.0 Å². The van der Waals surface area contributed by atoms with Crippen LogP contribution >= 0.6 is 11.6 Å². The van der Waals surface area contributed by atoms with Crippen LogP contribution in [-0.2, 0) is 0 Å². The number of benzene rings is 1. The van der Waals surface area contributed by atoms with E-state index in [4.69, 9.17) is 11.6 Å². The molecule has 1 atom stereocenters. The minimum Gasteiger partial charge on any atom is -0.507 e. The van der Waals surface area contributed by atoms with E-state index in [-0.39, 0.29) is 17.9 Å². The van der Waals surface area contributed by atoms with Crippen molar-refractivity contribution in [2.24, 2.45) is 0 Å². The molecule has 2 aromatic rings. The Labute approximate surface area is 120 Å². The van der Waals surface area contributed by atoms with E-state index in [2.05, 4.69) is 10.3 Å². The summed E-state index contributed by atoms with van der Waals surface area (Å²) in [6.07, 6.45) is 2.27. The second kappa shape index (κ2) is 6.36. The lowest BCUT2D eigenvalue weighted by Crippen LogP contribution is -2.28. The molecule has 0 spiro atoms. The minimum atomic E-state index is -0.844. The monoisotopic (exact) mass is 292 g/mol. The van der Waals surface area contributed by atoms with Crippen LogP contribution in [-0.4, -0.2) is 27.6 Å². The number of hydrogen-bond acceptors (Lipinski definition) is 4. The van der Waals surface area contributed by atoms with Gasteiger partial charge < -0.3 is 15.5 Å². The molecular weight excluding hydrogens is 280 g/mol. The highest BCUT2D eigenvalue weighted by atomic mass is 35.5.